The van der Waals surface area contributed by atoms with Crippen molar-refractivity contribution in [2.45, 2.75) is 42.4 Å². The van der Waals surface area contributed by atoms with Crippen LogP contribution in [0, 0.1) is 17.2 Å². The third kappa shape index (κ3) is 4.24. The van der Waals surface area contributed by atoms with Crippen molar-refractivity contribution < 1.29 is 18.9 Å². The van der Waals surface area contributed by atoms with E-state index >= 15 is 0 Å². The maximum absolute atomic E-state index is 7.75. The Morgan fingerprint density at radius 1 is 1.12 bits per heavy atom. The lowest BCUT2D eigenvalue weighted by atomic mass is 9.84. The maximum Gasteiger partial charge on any atom is 0.265 e. The minimum Gasteiger partial charge on any atom is -0.448 e. The van der Waals surface area contributed by atoms with Crippen molar-refractivity contribution in [1.82, 2.24) is 0 Å². The molecule has 5 nitrogen and oxygen atoms in total. The third-order valence-corrected chi connectivity index (χ3v) is 5.22. The van der Waals surface area contributed by atoms with Gasteiger partial charge in [0.2, 0.25) is 12.2 Å². The third-order valence-electron chi connectivity index (χ3n) is 4.71. The number of benzene rings is 1. The van der Waals surface area contributed by atoms with Crippen molar-refractivity contribution in [3.63, 3.8) is 0 Å². The van der Waals surface area contributed by atoms with E-state index in [0.29, 0.717) is 6.61 Å². The highest BCUT2D eigenvalue weighted by molar-refractivity contribution is 6.76. The van der Waals surface area contributed by atoms with Gasteiger partial charge >= 0.3 is 0 Å². The zero-order chi connectivity index (χ0) is 18.2. The van der Waals surface area contributed by atoms with Gasteiger partial charge in [-0.2, -0.15) is 0 Å². The summed E-state index contributed by atoms with van der Waals surface area (Å²) in [4.78, 5) is 0. The summed E-state index contributed by atoms with van der Waals surface area (Å²) in [6, 6.07) is 9.78. The van der Waals surface area contributed by atoms with Crippen molar-refractivity contribution in [2.24, 2.45) is 11.8 Å². The minimum atomic E-state index is -1.92. The lowest BCUT2D eigenvalue weighted by molar-refractivity contribution is -0.333. The van der Waals surface area contributed by atoms with Crippen LogP contribution in [-0.2, 0) is 18.9 Å². The second kappa shape index (κ2) is 7.59. The summed E-state index contributed by atoms with van der Waals surface area (Å²) in [5.41, 5.74) is 0.970. The van der Waals surface area contributed by atoms with E-state index in [4.69, 9.17) is 59.2 Å². The summed E-state index contributed by atoms with van der Waals surface area (Å²) < 4.78 is 21.4. The summed E-state index contributed by atoms with van der Waals surface area (Å²) in [6.45, 7) is 4.39. The highest BCUT2D eigenvalue weighted by Crippen LogP contribution is 2.40. The Morgan fingerprint density at radius 3 is 2.44 bits per heavy atom. The van der Waals surface area contributed by atoms with Crippen LogP contribution in [-0.4, -0.2) is 34.8 Å². The number of hydrogen-bond acceptors (Lipinski definition) is 5. The lowest BCUT2D eigenvalue weighted by Crippen LogP contribution is -2.56. The Hall–Kier alpha value is -0.560. The number of halogens is 3. The Labute approximate surface area is 161 Å². The predicted molar refractivity (Wildman–Crippen MR) is 96.1 cm³/mol. The van der Waals surface area contributed by atoms with Gasteiger partial charge in [0.15, 0.2) is 6.29 Å². The highest BCUT2D eigenvalue weighted by atomic mass is 35.6. The Bertz CT molecular complexity index is 608. The molecule has 0 aromatic heterocycles. The standard InChI is InChI=1S/C17H20Cl3NO4/c1-9-10(2)14(25-16(21)17(18,19)20)23-12-8-22-15(24-13(9)12)11-6-4-3-5-7-11/h3-7,9-10,12-15,21H,8H2,1-2H3/t9-,10?,12?,13-,14-,15?/m1/s1. The van der Waals surface area contributed by atoms with Crippen LogP contribution >= 0.6 is 34.8 Å². The average molecular weight is 409 g/mol. The Morgan fingerprint density at radius 2 is 1.80 bits per heavy atom. The number of hydrogen-bond donors (Lipinski definition) is 1. The van der Waals surface area contributed by atoms with E-state index in [1.807, 2.05) is 37.3 Å². The quantitative estimate of drug-likeness (QED) is 0.446. The number of ether oxygens (including phenoxy) is 4. The molecule has 2 heterocycles. The molecule has 0 amide bonds. The van der Waals surface area contributed by atoms with Crippen molar-refractivity contribution in [2.75, 3.05) is 6.61 Å². The molecular weight excluding hydrogens is 389 g/mol. The topological polar surface area (TPSA) is 60.8 Å². The number of rotatable bonds is 2. The largest absolute Gasteiger partial charge is 0.448 e. The molecule has 3 rings (SSSR count). The first-order valence-corrected chi connectivity index (χ1v) is 9.20. The van der Waals surface area contributed by atoms with Crippen LogP contribution in [0.3, 0.4) is 0 Å². The molecule has 2 fully saturated rings. The summed E-state index contributed by atoms with van der Waals surface area (Å²) in [7, 11) is 0. The van der Waals surface area contributed by atoms with E-state index in [9.17, 15) is 0 Å². The van der Waals surface area contributed by atoms with Gasteiger partial charge in [0.25, 0.3) is 3.79 Å². The van der Waals surface area contributed by atoms with Crippen molar-refractivity contribution in [3.8, 4) is 0 Å². The summed E-state index contributed by atoms with van der Waals surface area (Å²) in [6.07, 6.45) is -1.56. The molecule has 1 aromatic carbocycles. The van der Waals surface area contributed by atoms with Crippen LogP contribution in [0.2, 0.25) is 0 Å². The monoisotopic (exact) mass is 407 g/mol. The fourth-order valence-electron chi connectivity index (χ4n) is 3.07. The molecule has 138 valence electrons. The summed E-state index contributed by atoms with van der Waals surface area (Å²) in [5.74, 6) is -0.398. The molecule has 0 aliphatic carbocycles. The van der Waals surface area contributed by atoms with E-state index in [-0.39, 0.29) is 24.0 Å². The Kier molecular flexibility index (Phi) is 5.83. The van der Waals surface area contributed by atoms with Crippen LogP contribution in [0.25, 0.3) is 0 Å². The zero-order valence-electron chi connectivity index (χ0n) is 13.8. The van der Waals surface area contributed by atoms with E-state index in [0.717, 1.165) is 5.56 Å². The van der Waals surface area contributed by atoms with Gasteiger partial charge in [0.1, 0.15) is 6.10 Å². The number of alkyl halides is 3. The van der Waals surface area contributed by atoms with Crippen molar-refractivity contribution >= 4 is 40.7 Å². The number of fused-ring (bicyclic) bond motifs is 1. The van der Waals surface area contributed by atoms with Gasteiger partial charge < -0.3 is 18.9 Å². The van der Waals surface area contributed by atoms with Crippen LogP contribution in [0.1, 0.15) is 25.7 Å². The van der Waals surface area contributed by atoms with Gasteiger partial charge in [0, 0.05) is 11.5 Å². The second-order valence-electron chi connectivity index (χ2n) is 6.38. The van der Waals surface area contributed by atoms with Gasteiger partial charge in [-0.05, 0) is 5.92 Å². The van der Waals surface area contributed by atoms with E-state index in [1.165, 1.54) is 0 Å². The van der Waals surface area contributed by atoms with Crippen molar-refractivity contribution in [1.29, 1.82) is 5.41 Å². The fraction of sp³-hybridized carbons (Fsp3) is 0.588. The molecule has 25 heavy (non-hydrogen) atoms. The molecular formula is C17H20Cl3NO4. The summed E-state index contributed by atoms with van der Waals surface area (Å²) >= 11 is 17.1. The predicted octanol–water partition coefficient (Wildman–Crippen LogP) is 4.46. The van der Waals surface area contributed by atoms with E-state index in [2.05, 4.69) is 6.92 Å². The smallest absolute Gasteiger partial charge is 0.265 e. The lowest BCUT2D eigenvalue weighted by Gasteiger charge is -2.47. The molecule has 0 radical (unpaired) electrons. The minimum absolute atomic E-state index is 0.0523. The van der Waals surface area contributed by atoms with Crippen LogP contribution in [0.15, 0.2) is 30.3 Å². The second-order valence-corrected chi connectivity index (χ2v) is 8.66. The molecule has 0 bridgehead atoms. The molecule has 8 heteroatoms. The molecule has 1 N–H and O–H groups in total. The molecule has 6 atom stereocenters. The van der Waals surface area contributed by atoms with Gasteiger partial charge in [0.05, 0.1) is 12.7 Å². The molecule has 2 aliphatic rings. The van der Waals surface area contributed by atoms with Gasteiger partial charge in [-0.15, -0.1) is 0 Å². The van der Waals surface area contributed by atoms with E-state index in [1.54, 1.807) is 0 Å². The van der Waals surface area contributed by atoms with Gasteiger partial charge in [-0.25, -0.2) is 0 Å². The summed E-state index contributed by atoms with van der Waals surface area (Å²) in [5, 5.41) is 7.75. The van der Waals surface area contributed by atoms with Gasteiger partial charge in [-0.1, -0.05) is 79.0 Å². The van der Waals surface area contributed by atoms with E-state index < -0.39 is 22.3 Å². The maximum atomic E-state index is 7.75. The van der Waals surface area contributed by atoms with Crippen LogP contribution < -0.4 is 0 Å². The first-order valence-electron chi connectivity index (χ1n) is 8.07. The normalized spacial score (nSPS) is 35.7. The zero-order valence-corrected chi connectivity index (χ0v) is 16.1. The average Bonchev–Trinajstić information content (AvgIpc) is 2.59. The Balaban J connectivity index is 1.68. The van der Waals surface area contributed by atoms with Crippen molar-refractivity contribution in [3.05, 3.63) is 35.9 Å². The van der Waals surface area contributed by atoms with Crippen LogP contribution in [0.4, 0.5) is 0 Å². The SMILES string of the molecule is CC1[C@@H](OC(=N)C(Cl)(Cl)Cl)OC2COC(c3ccccc3)O[C@@H]2[C@@H]1C. The molecule has 2 aliphatic heterocycles. The first kappa shape index (κ1) is 19.2. The fourth-order valence-corrected chi connectivity index (χ4v) is 3.21. The molecule has 0 saturated carbocycles. The number of nitrogens with one attached hydrogen (secondary N) is 1. The molecule has 2 saturated heterocycles. The molecule has 3 unspecified atom stereocenters. The molecule has 1 aromatic rings. The van der Waals surface area contributed by atoms with Gasteiger partial charge in [-0.3, -0.25) is 5.41 Å². The molecule has 0 spiro atoms. The highest BCUT2D eigenvalue weighted by Gasteiger charge is 2.48. The van der Waals surface area contributed by atoms with Crippen LogP contribution in [0.5, 0.6) is 0 Å². The first-order chi connectivity index (χ1) is 11.8.